The topological polar surface area (TPSA) is 242 Å². The number of primary amides is 1. The number of nitrogens with two attached hydrogens (primary N) is 2. The second kappa shape index (κ2) is 19.4. The molecule has 62 heavy (non-hydrogen) atoms. The van der Waals surface area contributed by atoms with Crippen LogP contribution < -0.4 is 37.1 Å². The Morgan fingerprint density at radius 2 is 1.37 bits per heavy atom. The third-order valence-electron chi connectivity index (χ3n) is 10.5. The van der Waals surface area contributed by atoms with Crippen LogP contribution in [0.1, 0.15) is 68.6 Å². The summed E-state index contributed by atoms with van der Waals surface area (Å²) in [6.45, 7) is 13.8. The molecule has 1 aliphatic heterocycles. The number of benzene rings is 2. The minimum Gasteiger partial charge on any atom is -0.494 e. The number of morpholine rings is 1. The average molecular weight is 851 g/mol. The number of carbonyl (C=O) groups is 3. The van der Waals surface area contributed by atoms with Gasteiger partial charge in [-0.3, -0.25) is 50.5 Å². The van der Waals surface area contributed by atoms with Crippen LogP contribution in [0.2, 0.25) is 0 Å². The summed E-state index contributed by atoms with van der Waals surface area (Å²) in [6, 6.07) is 10.4. The Balaban J connectivity index is 1.24. The number of methoxy groups -OCH3 is 1. The number of fused-ring (bicyclic) bond motifs is 2. The molecule has 0 saturated carbocycles. The Hall–Kier alpha value is -6.61. The van der Waals surface area contributed by atoms with Gasteiger partial charge in [-0.15, -0.1) is 0 Å². The van der Waals surface area contributed by atoms with E-state index in [9.17, 15) is 14.4 Å². The summed E-state index contributed by atoms with van der Waals surface area (Å²) in [5.41, 5.74) is 13.8. The number of aromatic nitrogens is 8. The molecule has 4 aromatic heterocycles. The van der Waals surface area contributed by atoms with E-state index in [2.05, 4.69) is 31.2 Å². The monoisotopic (exact) mass is 850 g/mol. The van der Waals surface area contributed by atoms with E-state index in [1.54, 1.807) is 38.2 Å². The van der Waals surface area contributed by atoms with Crippen molar-refractivity contribution in [1.82, 2.24) is 49.0 Å². The van der Waals surface area contributed by atoms with Gasteiger partial charge in [0.1, 0.15) is 33.9 Å². The van der Waals surface area contributed by atoms with Crippen molar-refractivity contribution < 1.29 is 28.6 Å². The Labute approximate surface area is 358 Å². The van der Waals surface area contributed by atoms with Crippen molar-refractivity contribution in [2.75, 3.05) is 57.2 Å². The highest BCUT2D eigenvalue weighted by Gasteiger charge is 2.23. The number of nitrogens with one attached hydrogen (secondary N) is 3. The first kappa shape index (κ1) is 43.5. The van der Waals surface area contributed by atoms with Crippen molar-refractivity contribution in [1.29, 1.82) is 0 Å². The molecule has 7 rings (SSSR count). The van der Waals surface area contributed by atoms with Crippen molar-refractivity contribution in [3.8, 4) is 11.5 Å². The number of nitrogens with zero attached hydrogens (tertiary/aromatic N) is 9. The molecular formula is C42H54N14O6. The maximum Gasteiger partial charge on any atom is 0.276 e. The molecule has 0 atom stereocenters. The predicted octanol–water partition coefficient (Wildman–Crippen LogP) is 3.37. The van der Waals surface area contributed by atoms with E-state index < -0.39 is 11.8 Å². The van der Waals surface area contributed by atoms with E-state index >= 15 is 0 Å². The van der Waals surface area contributed by atoms with Crippen molar-refractivity contribution in [2.24, 2.45) is 11.6 Å². The van der Waals surface area contributed by atoms with Gasteiger partial charge in [-0.2, -0.15) is 10.2 Å². The second-order valence-corrected chi connectivity index (χ2v) is 14.9. The number of imidazole rings is 2. The Bertz CT molecular complexity index is 2610. The lowest BCUT2D eigenvalue weighted by Gasteiger charge is -2.26. The fourth-order valence-corrected chi connectivity index (χ4v) is 7.61. The van der Waals surface area contributed by atoms with Gasteiger partial charge < -0.3 is 29.1 Å². The van der Waals surface area contributed by atoms with Gasteiger partial charge in [-0.25, -0.2) is 9.97 Å². The highest BCUT2D eigenvalue weighted by molar-refractivity contribution is 6.05. The molecule has 328 valence electrons. The van der Waals surface area contributed by atoms with E-state index in [1.807, 2.05) is 56.5 Å². The van der Waals surface area contributed by atoms with Crippen molar-refractivity contribution >= 4 is 51.7 Å². The van der Waals surface area contributed by atoms with Gasteiger partial charge in [0.25, 0.3) is 11.8 Å². The van der Waals surface area contributed by atoms with Crippen LogP contribution in [0.25, 0.3) is 22.1 Å². The van der Waals surface area contributed by atoms with Crippen LogP contribution in [0.5, 0.6) is 11.5 Å². The summed E-state index contributed by atoms with van der Waals surface area (Å²) in [6.07, 6.45) is 4.62. The number of hydrogen-bond acceptors (Lipinski definition) is 13. The highest BCUT2D eigenvalue weighted by Crippen LogP contribution is 2.33. The molecule has 3 amide bonds. The number of carbonyl (C=O) groups excluding carboxylic acids is 3. The van der Waals surface area contributed by atoms with E-state index in [1.165, 1.54) is 7.11 Å². The lowest BCUT2D eigenvalue weighted by atomic mass is 10.1. The van der Waals surface area contributed by atoms with Gasteiger partial charge in [-0.05, 0) is 76.1 Å². The lowest BCUT2D eigenvalue weighted by Crippen LogP contribution is -2.37. The van der Waals surface area contributed by atoms with E-state index in [4.69, 9.17) is 35.8 Å². The number of rotatable bonds is 19. The molecule has 0 unspecified atom stereocenters. The summed E-state index contributed by atoms with van der Waals surface area (Å²) in [7, 11) is 1.49. The maximum atomic E-state index is 13.9. The SMILES string of the molecule is CCn1nc(C)cc1C(=O)Nc1nc2cc(C(N)=O)cc(OC)c2n1C/C=C/Cn1c(NC(=O)c2cc(C)nn2CC)nc2cc(CNN)cc(OCCCN3CCOCC3)c21. The van der Waals surface area contributed by atoms with Gasteiger partial charge in [0.05, 0.1) is 49.4 Å². The largest absolute Gasteiger partial charge is 0.494 e. The number of anilines is 2. The third kappa shape index (κ3) is 9.47. The number of hydrazine groups is 1. The van der Waals surface area contributed by atoms with Crippen molar-refractivity contribution in [3.63, 3.8) is 0 Å². The highest BCUT2D eigenvalue weighted by atomic mass is 16.5. The number of amides is 3. The molecule has 2 aromatic carbocycles. The van der Waals surface area contributed by atoms with Gasteiger partial charge in [0.2, 0.25) is 17.8 Å². The Morgan fingerprint density at radius 1 is 0.806 bits per heavy atom. The summed E-state index contributed by atoms with van der Waals surface area (Å²) >= 11 is 0. The minimum absolute atomic E-state index is 0.204. The molecule has 0 aliphatic carbocycles. The molecule has 1 aliphatic rings. The van der Waals surface area contributed by atoms with Crippen LogP contribution in [0.4, 0.5) is 11.9 Å². The summed E-state index contributed by atoms with van der Waals surface area (Å²) in [5, 5.41) is 14.9. The number of hydrogen-bond donors (Lipinski definition) is 5. The number of aryl methyl sites for hydroxylation is 4. The first-order valence-corrected chi connectivity index (χ1v) is 20.7. The lowest BCUT2D eigenvalue weighted by molar-refractivity contribution is 0.0358. The van der Waals surface area contributed by atoms with Crippen molar-refractivity contribution in [3.05, 3.63) is 82.5 Å². The van der Waals surface area contributed by atoms with Crippen LogP contribution in [0.3, 0.4) is 0 Å². The molecule has 0 radical (unpaired) electrons. The zero-order chi connectivity index (χ0) is 43.9. The summed E-state index contributed by atoms with van der Waals surface area (Å²) in [5.74, 6) is 5.79. The molecule has 7 N–H and O–H groups in total. The smallest absolute Gasteiger partial charge is 0.276 e. The Kier molecular flexibility index (Phi) is 13.6. The molecule has 0 spiro atoms. The van der Waals surface area contributed by atoms with E-state index in [0.29, 0.717) is 82.8 Å². The minimum atomic E-state index is -0.649. The zero-order valence-electron chi connectivity index (χ0n) is 35.7. The normalized spacial score (nSPS) is 13.4. The second-order valence-electron chi connectivity index (χ2n) is 14.9. The summed E-state index contributed by atoms with van der Waals surface area (Å²) < 4.78 is 24.7. The number of allylic oxidation sites excluding steroid dienone is 2. The maximum absolute atomic E-state index is 13.9. The molecule has 5 heterocycles. The average Bonchev–Trinajstić information content (AvgIpc) is 4.03. The first-order chi connectivity index (χ1) is 30.0. The fraction of sp³-hybridized carbons (Fsp3) is 0.405. The molecule has 0 bridgehead atoms. The van der Waals surface area contributed by atoms with Gasteiger partial charge in [0, 0.05) is 57.9 Å². The quantitative estimate of drug-likeness (QED) is 0.0340. The third-order valence-corrected chi connectivity index (χ3v) is 10.5. The summed E-state index contributed by atoms with van der Waals surface area (Å²) in [4.78, 5) is 51.8. The van der Waals surface area contributed by atoms with Crippen LogP contribution in [-0.4, -0.2) is 108 Å². The van der Waals surface area contributed by atoms with Gasteiger partial charge >= 0.3 is 0 Å². The molecule has 1 fully saturated rings. The molecular weight excluding hydrogens is 797 g/mol. The van der Waals surface area contributed by atoms with Crippen LogP contribution in [0, 0.1) is 13.8 Å². The van der Waals surface area contributed by atoms with Crippen molar-refractivity contribution in [2.45, 2.75) is 66.8 Å². The van der Waals surface area contributed by atoms with Crippen LogP contribution in [0.15, 0.2) is 48.6 Å². The van der Waals surface area contributed by atoms with E-state index in [0.717, 1.165) is 50.5 Å². The molecule has 1 saturated heterocycles. The number of ether oxygens (including phenoxy) is 3. The fourth-order valence-electron chi connectivity index (χ4n) is 7.61. The standard InChI is InChI=1S/C42H54N14O6/c1-6-55-32(19-26(3)50-55)39(58)48-41-46-30-21-28(25-45-44)22-35(62-16-10-11-52-14-17-61-18-15-52)37(30)54(41)13-9-8-12-53-36-31(23-29(38(43)57)24-34(36)60-5)47-42(53)49-40(59)33-20-27(4)51-56(33)7-2/h8-9,19-24,45H,6-7,10-18,25,44H2,1-5H3,(H2,43,57)(H,46,48,58)(H,47,49,59)/b9-8+. The van der Waals surface area contributed by atoms with Crippen LogP contribution in [-0.2, 0) is 37.5 Å². The van der Waals surface area contributed by atoms with Crippen LogP contribution >= 0.6 is 0 Å². The van der Waals surface area contributed by atoms with Gasteiger partial charge in [0.15, 0.2) is 0 Å². The molecule has 20 heteroatoms. The Morgan fingerprint density at radius 3 is 1.90 bits per heavy atom. The predicted molar refractivity (Wildman–Crippen MR) is 233 cm³/mol. The molecule has 6 aromatic rings. The first-order valence-electron chi connectivity index (χ1n) is 20.7. The molecule has 20 nitrogen and oxygen atoms in total. The van der Waals surface area contributed by atoms with Gasteiger partial charge in [-0.1, -0.05) is 12.2 Å². The zero-order valence-corrected chi connectivity index (χ0v) is 35.7. The van der Waals surface area contributed by atoms with E-state index in [-0.39, 0.29) is 30.5 Å².